The third-order valence-corrected chi connectivity index (χ3v) is 11.6. The van der Waals surface area contributed by atoms with Gasteiger partial charge in [0, 0.05) is 59.9 Å². The smallest absolute Gasteiger partial charge is 0.180 e. The first-order chi connectivity index (χ1) is 27.3. The van der Waals surface area contributed by atoms with E-state index in [0.29, 0.717) is 11.4 Å². The van der Waals surface area contributed by atoms with Crippen LogP contribution < -0.4 is 0 Å². The third-order valence-electron chi connectivity index (χ3n) is 11.6. The summed E-state index contributed by atoms with van der Waals surface area (Å²) >= 11 is 0. The fourth-order valence-electron chi connectivity index (χ4n) is 9.31. The van der Waals surface area contributed by atoms with Crippen LogP contribution in [0.4, 0.5) is 0 Å². The zero-order chi connectivity index (χ0) is 35.8. The van der Waals surface area contributed by atoms with Crippen LogP contribution in [0.1, 0.15) is 0 Å². The zero-order valence-electron chi connectivity index (χ0n) is 29.4. The Morgan fingerprint density at radius 3 is 1.96 bits per heavy atom. The van der Waals surface area contributed by atoms with Gasteiger partial charge in [-0.15, -0.1) is 0 Å². The van der Waals surface area contributed by atoms with Gasteiger partial charge >= 0.3 is 0 Å². The Bertz CT molecular complexity index is 3700. The lowest BCUT2D eigenvalue weighted by Crippen LogP contribution is -1.96. The van der Waals surface area contributed by atoms with Crippen molar-refractivity contribution >= 4 is 92.7 Å². The molecule has 5 nitrogen and oxygen atoms in total. The van der Waals surface area contributed by atoms with Crippen LogP contribution in [-0.2, 0) is 0 Å². The fraction of sp³-hybridized carbons (Fsp3) is 0. The number of benzene rings is 8. The normalized spacial score (nSPS) is 12.4. The van der Waals surface area contributed by atoms with E-state index in [4.69, 9.17) is 14.4 Å². The second-order valence-electron chi connectivity index (χ2n) is 14.5. The van der Waals surface area contributed by atoms with E-state index < -0.39 is 0 Å². The molecule has 0 atom stereocenters. The Morgan fingerprint density at radius 1 is 0.436 bits per heavy atom. The number of fused-ring (bicyclic) bond motifs is 15. The van der Waals surface area contributed by atoms with Crippen molar-refractivity contribution in [3.05, 3.63) is 170 Å². The molecule has 5 heterocycles. The predicted molar refractivity (Wildman–Crippen MR) is 227 cm³/mol. The van der Waals surface area contributed by atoms with Crippen molar-refractivity contribution in [3.8, 4) is 28.3 Å². The van der Waals surface area contributed by atoms with E-state index >= 15 is 0 Å². The molecule has 0 spiro atoms. The van der Waals surface area contributed by atoms with E-state index in [9.17, 15) is 0 Å². The molecule has 0 N–H and O–H groups in total. The average Bonchev–Trinajstić information content (AvgIpc) is 3.99. The highest BCUT2D eigenvalue weighted by Gasteiger charge is 2.25. The second-order valence-corrected chi connectivity index (χ2v) is 14.5. The Morgan fingerprint density at radius 2 is 1.13 bits per heavy atom. The van der Waals surface area contributed by atoms with Crippen molar-refractivity contribution in [3.63, 3.8) is 0 Å². The fourth-order valence-corrected chi connectivity index (χ4v) is 9.31. The number of hydrogen-bond acceptors (Lipinski definition) is 3. The lowest BCUT2D eigenvalue weighted by Gasteiger charge is -2.12. The minimum atomic E-state index is 0.675. The number of aromatic nitrogens is 4. The Hall–Kier alpha value is -7.50. The average molecular weight is 701 g/mol. The van der Waals surface area contributed by atoms with Crippen molar-refractivity contribution in [1.82, 2.24) is 18.9 Å². The molecular weight excluding hydrogens is 673 g/mol. The van der Waals surface area contributed by atoms with Gasteiger partial charge in [0.25, 0.3) is 0 Å². The summed E-state index contributed by atoms with van der Waals surface area (Å²) in [4.78, 5) is 10.2. The molecule has 0 aliphatic rings. The summed E-state index contributed by atoms with van der Waals surface area (Å²) < 4.78 is 11.4. The summed E-state index contributed by atoms with van der Waals surface area (Å²) in [6, 6.07) is 60.5. The molecule has 55 heavy (non-hydrogen) atoms. The molecule has 0 bridgehead atoms. The first kappa shape index (κ1) is 29.0. The van der Waals surface area contributed by atoms with Gasteiger partial charge in [0.05, 0.1) is 27.6 Å². The minimum absolute atomic E-state index is 0.675. The van der Waals surface area contributed by atoms with Gasteiger partial charge in [0.2, 0.25) is 0 Å². The van der Waals surface area contributed by atoms with Crippen molar-refractivity contribution in [2.75, 3.05) is 0 Å². The summed E-state index contributed by atoms with van der Waals surface area (Å²) in [5.74, 6) is 0.675. The topological polar surface area (TPSA) is 48.3 Å². The maximum absolute atomic E-state index is 6.49. The Kier molecular flexibility index (Phi) is 5.57. The standard InChI is InChI=1S/C50H28N4O/c1-2-13-31(14-3-1)50-51-45(49-46(52-50)36-18-8-11-21-42(36)55-49)30-22-25-32(26-23-30)53-41-28-38-34-16-6-9-19-39(34)54-40-20-10-7-17-35(40)44(48(38)54)43(41)37-27-24-29-12-4-5-15-33(29)47(37)53/h1-28H. The SMILES string of the molecule is c1ccc(-c2nc(-c3ccc(-n4c5cc6c7ccccc7n7c8ccccc8c(c5c5ccc8ccccc8c54)c67)cc3)c3oc4ccccc4c3n2)cc1. The van der Waals surface area contributed by atoms with Gasteiger partial charge in [0.1, 0.15) is 16.8 Å². The minimum Gasteiger partial charge on any atom is -0.452 e. The maximum Gasteiger partial charge on any atom is 0.180 e. The lowest BCUT2D eigenvalue weighted by molar-refractivity contribution is 0.667. The first-order valence-corrected chi connectivity index (χ1v) is 18.7. The molecule has 13 aromatic rings. The molecule has 0 saturated carbocycles. The van der Waals surface area contributed by atoms with Crippen molar-refractivity contribution in [2.45, 2.75) is 0 Å². The number of furan rings is 1. The number of hydrogen-bond donors (Lipinski definition) is 0. The summed E-state index contributed by atoms with van der Waals surface area (Å²) in [6.45, 7) is 0. The van der Waals surface area contributed by atoms with Gasteiger partial charge in [-0.1, -0.05) is 127 Å². The molecule has 0 aliphatic carbocycles. The van der Waals surface area contributed by atoms with E-state index in [2.05, 4.69) is 142 Å². The highest BCUT2D eigenvalue weighted by molar-refractivity contribution is 6.37. The van der Waals surface area contributed by atoms with E-state index in [-0.39, 0.29) is 0 Å². The molecule has 0 radical (unpaired) electrons. The summed E-state index contributed by atoms with van der Waals surface area (Å²) in [6.07, 6.45) is 0. The second kappa shape index (κ2) is 10.6. The molecule has 13 rings (SSSR count). The lowest BCUT2D eigenvalue weighted by atomic mass is 10.0. The van der Waals surface area contributed by atoms with Crippen molar-refractivity contribution in [2.24, 2.45) is 0 Å². The van der Waals surface area contributed by atoms with Gasteiger partial charge in [-0.3, -0.25) is 0 Å². The largest absolute Gasteiger partial charge is 0.452 e. The van der Waals surface area contributed by atoms with Crippen LogP contribution in [0.2, 0.25) is 0 Å². The molecule has 0 aliphatic heterocycles. The van der Waals surface area contributed by atoms with Crippen LogP contribution in [0, 0.1) is 0 Å². The van der Waals surface area contributed by atoms with Crippen LogP contribution >= 0.6 is 0 Å². The van der Waals surface area contributed by atoms with Crippen LogP contribution in [0.15, 0.2) is 174 Å². The summed E-state index contributed by atoms with van der Waals surface area (Å²) in [7, 11) is 0. The molecule has 0 amide bonds. The number of rotatable bonds is 3. The van der Waals surface area contributed by atoms with Gasteiger partial charge in [-0.05, 0) is 47.9 Å². The first-order valence-electron chi connectivity index (χ1n) is 18.7. The highest BCUT2D eigenvalue weighted by atomic mass is 16.3. The van der Waals surface area contributed by atoms with Gasteiger partial charge < -0.3 is 13.4 Å². The summed E-state index contributed by atoms with van der Waals surface area (Å²) in [5.41, 5.74) is 12.3. The Labute approximate surface area is 313 Å². The number of nitrogens with zero attached hydrogens (tertiary/aromatic N) is 4. The van der Waals surface area contributed by atoms with Crippen molar-refractivity contribution < 1.29 is 4.42 Å². The third kappa shape index (κ3) is 3.81. The van der Waals surface area contributed by atoms with Crippen molar-refractivity contribution in [1.29, 1.82) is 0 Å². The zero-order valence-corrected chi connectivity index (χ0v) is 29.4. The Balaban J connectivity index is 1.13. The predicted octanol–water partition coefficient (Wildman–Crippen LogP) is 13.1. The van der Waals surface area contributed by atoms with Gasteiger partial charge in [-0.25, -0.2) is 9.97 Å². The number of para-hydroxylation sites is 3. The van der Waals surface area contributed by atoms with E-state index in [1.54, 1.807) is 0 Å². The molecule has 254 valence electrons. The van der Waals surface area contributed by atoms with E-state index in [1.165, 1.54) is 70.7 Å². The molecule has 0 saturated heterocycles. The highest BCUT2D eigenvalue weighted by Crippen LogP contribution is 2.48. The molecular formula is C50H28N4O. The molecule has 5 aromatic heterocycles. The van der Waals surface area contributed by atoms with Crippen LogP contribution in [-0.4, -0.2) is 18.9 Å². The van der Waals surface area contributed by atoms with Crippen LogP contribution in [0.25, 0.3) is 121 Å². The monoisotopic (exact) mass is 700 g/mol. The quantitative estimate of drug-likeness (QED) is 0.184. The molecule has 8 aromatic carbocycles. The van der Waals surface area contributed by atoms with Crippen LogP contribution in [0.5, 0.6) is 0 Å². The van der Waals surface area contributed by atoms with E-state index in [0.717, 1.165) is 39.0 Å². The molecule has 0 unspecified atom stereocenters. The summed E-state index contributed by atoms with van der Waals surface area (Å²) in [5, 5.41) is 11.0. The van der Waals surface area contributed by atoms with Gasteiger partial charge in [-0.2, -0.15) is 0 Å². The van der Waals surface area contributed by atoms with Gasteiger partial charge in [0.15, 0.2) is 11.4 Å². The molecule has 0 fully saturated rings. The van der Waals surface area contributed by atoms with E-state index in [1.807, 2.05) is 36.4 Å². The molecule has 5 heteroatoms. The maximum atomic E-state index is 6.49. The van der Waals surface area contributed by atoms with Crippen LogP contribution in [0.3, 0.4) is 0 Å².